The molecule has 0 spiro atoms. The number of rotatable bonds is 11. The number of benzene rings is 2. The Labute approximate surface area is 200 Å². The van der Waals surface area contributed by atoms with Crippen LogP contribution in [0.4, 0.5) is 0 Å². The van der Waals surface area contributed by atoms with Crippen LogP contribution in [0, 0.1) is 0 Å². The Morgan fingerprint density at radius 2 is 1.68 bits per heavy atom. The maximum Gasteiger partial charge on any atom is 0.254 e. The minimum Gasteiger partial charge on any atom is -0.493 e. The number of methoxy groups -OCH3 is 2. The van der Waals surface area contributed by atoms with Gasteiger partial charge in [0.25, 0.3) is 5.91 Å². The Hall–Kier alpha value is -3.74. The molecule has 0 N–H and O–H groups in total. The fourth-order valence-corrected chi connectivity index (χ4v) is 3.66. The van der Waals surface area contributed by atoms with Crippen LogP contribution in [-0.2, 0) is 17.8 Å². The summed E-state index contributed by atoms with van der Waals surface area (Å²) in [4.78, 5) is 29.8. The lowest BCUT2D eigenvalue weighted by Gasteiger charge is -2.30. The summed E-state index contributed by atoms with van der Waals surface area (Å²) in [5.74, 6) is 1.67. The molecule has 0 atom stereocenters. The molecule has 34 heavy (non-hydrogen) atoms. The van der Waals surface area contributed by atoms with Crippen LogP contribution in [0.1, 0.15) is 35.5 Å². The van der Waals surface area contributed by atoms with Gasteiger partial charge in [-0.15, -0.1) is 0 Å². The van der Waals surface area contributed by atoms with E-state index in [2.05, 4.69) is 0 Å². The van der Waals surface area contributed by atoms with Crippen molar-refractivity contribution in [3.63, 3.8) is 0 Å². The topological polar surface area (TPSA) is 72.2 Å². The molecule has 0 fully saturated rings. The Bertz CT molecular complexity index is 1060. The van der Waals surface area contributed by atoms with Crippen LogP contribution in [0.15, 0.2) is 71.3 Å². The van der Waals surface area contributed by atoms with Crippen LogP contribution in [0.5, 0.6) is 11.5 Å². The Morgan fingerprint density at radius 3 is 2.29 bits per heavy atom. The molecule has 7 heteroatoms. The first kappa shape index (κ1) is 24.9. The maximum atomic E-state index is 13.4. The van der Waals surface area contributed by atoms with E-state index in [4.69, 9.17) is 13.9 Å². The molecule has 0 saturated carbocycles. The lowest BCUT2D eigenvalue weighted by Crippen LogP contribution is -2.46. The summed E-state index contributed by atoms with van der Waals surface area (Å²) in [6.07, 6.45) is 2.20. The number of carbonyl (C=O) groups is 2. The Balaban J connectivity index is 1.76. The summed E-state index contributed by atoms with van der Waals surface area (Å²) >= 11 is 0. The maximum absolute atomic E-state index is 13.4. The van der Waals surface area contributed by atoms with Crippen molar-refractivity contribution in [3.05, 3.63) is 83.8 Å². The van der Waals surface area contributed by atoms with E-state index in [-0.39, 0.29) is 24.4 Å². The quantitative estimate of drug-likeness (QED) is 0.420. The van der Waals surface area contributed by atoms with Crippen LogP contribution in [0.25, 0.3) is 0 Å². The molecule has 0 saturated heterocycles. The number of carbonyl (C=O) groups excluding carboxylic acids is 2. The molecule has 2 aromatic carbocycles. The van der Waals surface area contributed by atoms with Crippen LogP contribution < -0.4 is 9.47 Å². The van der Waals surface area contributed by atoms with E-state index in [1.165, 1.54) is 0 Å². The van der Waals surface area contributed by atoms with E-state index in [9.17, 15) is 9.59 Å². The first-order valence-corrected chi connectivity index (χ1v) is 11.3. The SMILES string of the molecule is COc1ccc(CCN(Cc2ccco2)C(=O)CN(C(=O)c2ccccc2)C(C)C)cc1OC. The van der Waals surface area contributed by atoms with Crippen molar-refractivity contribution in [1.82, 2.24) is 9.80 Å². The van der Waals surface area contributed by atoms with Gasteiger partial charge in [-0.3, -0.25) is 9.59 Å². The highest BCUT2D eigenvalue weighted by atomic mass is 16.5. The zero-order chi connectivity index (χ0) is 24.5. The van der Waals surface area contributed by atoms with Crippen molar-refractivity contribution >= 4 is 11.8 Å². The molecule has 180 valence electrons. The van der Waals surface area contributed by atoms with E-state index >= 15 is 0 Å². The molecule has 0 aliphatic rings. The van der Waals surface area contributed by atoms with Gasteiger partial charge < -0.3 is 23.7 Å². The zero-order valence-corrected chi connectivity index (χ0v) is 20.2. The second-order valence-corrected chi connectivity index (χ2v) is 8.23. The van der Waals surface area contributed by atoms with Gasteiger partial charge in [0.15, 0.2) is 11.5 Å². The second kappa shape index (κ2) is 11.9. The first-order valence-electron chi connectivity index (χ1n) is 11.3. The predicted octanol–water partition coefficient (Wildman–Crippen LogP) is 4.42. The fraction of sp³-hybridized carbons (Fsp3) is 0.333. The first-order chi connectivity index (χ1) is 16.4. The Kier molecular flexibility index (Phi) is 8.73. The number of amides is 2. The molecule has 0 unspecified atom stereocenters. The van der Waals surface area contributed by atoms with Crippen LogP contribution in [-0.4, -0.2) is 55.0 Å². The lowest BCUT2D eigenvalue weighted by atomic mass is 10.1. The molecular weight excluding hydrogens is 432 g/mol. The number of furan rings is 1. The van der Waals surface area contributed by atoms with Crippen molar-refractivity contribution in [1.29, 1.82) is 0 Å². The van der Waals surface area contributed by atoms with E-state index in [0.717, 1.165) is 5.56 Å². The molecule has 3 aromatic rings. The number of hydrogen-bond acceptors (Lipinski definition) is 5. The van der Waals surface area contributed by atoms with Crippen molar-refractivity contribution in [2.75, 3.05) is 27.3 Å². The van der Waals surface area contributed by atoms with E-state index in [0.29, 0.717) is 42.3 Å². The largest absolute Gasteiger partial charge is 0.493 e. The van der Waals surface area contributed by atoms with Crippen molar-refractivity contribution in [3.8, 4) is 11.5 Å². The van der Waals surface area contributed by atoms with Crippen LogP contribution >= 0.6 is 0 Å². The van der Waals surface area contributed by atoms with E-state index < -0.39 is 0 Å². The molecule has 0 bridgehead atoms. The van der Waals surface area contributed by atoms with Crippen molar-refractivity contribution in [2.24, 2.45) is 0 Å². The summed E-state index contributed by atoms with van der Waals surface area (Å²) in [6, 6.07) is 18.3. The summed E-state index contributed by atoms with van der Waals surface area (Å²) in [7, 11) is 3.19. The second-order valence-electron chi connectivity index (χ2n) is 8.23. The van der Waals surface area contributed by atoms with Gasteiger partial charge in [0.1, 0.15) is 12.3 Å². The van der Waals surface area contributed by atoms with Gasteiger partial charge >= 0.3 is 0 Å². The van der Waals surface area contributed by atoms with E-state index in [1.54, 1.807) is 48.5 Å². The van der Waals surface area contributed by atoms with Gasteiger partial charge in [-0.1, -0.05) is 24.3 Å². The smallest absolute Gasteiger partial charge is 0.254 e. The van der Waals surface area contributed by atoms with Gasteiger partial charge in [-0.2, -0.15) is 0 Å². The molecule has 0 aliphatic heterocycles. The summed E-state index contributed by atoms with van der Waals surface area (Å²) in [5, 5.41) is 0. The van der Waals surface area contributed by atoms with Gasteiger partial charge in [0.05, 0.1) is 27.0 Å². The molecular formula is C27H32N2O5. The highest BCUT2D eigenvalue weighted by molar-refractivity contribution is 5.96. The Morgan fingerprint density at radius 1 is 0.941 bits per heavy atom. The third-order valence-electron chi connectivity index (χ3n) is 5.61. The lowest BCUT2D eigenvalue weighted by molar-refractivity contribution is -0.133. The molecule has 2 amide bonds. The zero-order valence-electron chi connectivity index (χ0n) is 20.2. The van der Waals surface area contributed by atoms with Crippen molar-refractivity contribution < 1.29 is 23.5 Å². The normalized spacial score (nSPS) is 10.7. The van der Waals surface area contributed by atoms with Crippen molar-refractivity contribution in [2.45, 2.75) is 32.9 Å². The van der Waals surface area contributed by atoms with Gasteiger partial charge in [0.2, 0.25) is 5.91 Å². The number of ether oxygens (including phenoxy) is 2. The summed E-state index contributed by atoms with van der Waals surface area (Å²) < 4.78 is 16.2. The van der Waals surface area contributed by atoms with Crippen LogP contribution in [0.2, 0.25) is 0 Å². The average molecular weight is 465 g/mol. The minimum atomic E-state index is -0.165. The predicted molar refractivity (Wildman–Crippen MR) is 130 cm³/mol. The van der Waals surface area contributed by atoms with Gasteiger partial charge in [-0.25, -0.2) is 0 Å². The number of nitrogens with zero attached hydrogens (tertiary/aromatic N) is 2. The fourth-order valence-electron chi connectivity index (χ4n) is 3.66. The highest BCUT2D eigenvalue weighted by Gasteiger charge is 2.25. The molecule has 1 aromatic heterocycles. The monoisotopic (exact) mass is 464 g/mol. The van der Waals surface area contributed by atoms with Gasteiger partial charge in [0, 0.05) is 18.2 Å². The summed E-state index contributed by atoms with van der Waals surface area (Å²) in [5.41, 5.74) is 1.57. The van der Waals surface area contributed by atoms with Gasteiger partial charge in [-0.05, 0) is 62.2 Å². The van der Waals surface area contributed by atoms with E-state index in [1.807, 2.05) is 56.3 Å². The standard InChI is InChI=1S/C27H32N2O5/c1-20(2)29(27(31)22-9-6-5-7-10-22)19-26(30)28(18-23-11-8-16-34-23)15-14-21-12-13-24(32-3)25(17-21)33-4/h5-13,16-17,20H,14-15,18-19H2,1-4H3. The molecule has 7 nitrogen and oxygen atoms in total. The number of hydrogen-bond donors (Lipinski definition) is 0. The third-order valence-corrected chi connectivity index (χ3v) is 5.61. The highest BCUT2D eigenvalue weighted by Crippen LogP contribution is 2.27. The molecule has 1 heterocycles. The molecule has 0 aliphatic carbocycles. The third kappa shape index (κ3) is 6.41. The molecule has 3 rings (SSSR count). The van der Waals surface area contributed by atoms with Crippen LogP contribution in [0.3, 0.4) is 0 Å². The minimum absolute atomic E-state index is 0.0158. The average Bonchev–Trinajstić information content (AvgIpc) is 3.37. The summed E-state index contributed by atoms with van der Waals surface area (Å²) in [6.45, 7) is 4.59. The molecule has 0 radical (unpaired) electrons.